The van der Waals surface area contributed by atoms with Crippen molar-refractivity contribution in [1.29, 1.82) is 0 Å². The summed E-state index contributed by atoms with van der Waals surface area (Å²) in [5.74, 6) is 1.94. The van der Waals surface area contributed by atoms with Gasteiger partial charge < -0.3 is 24.2 Å². The van der Waals surface area contributed by atoms with Crippen molar-refractivity contribution >= 4 is 5.91 Å². The van der Waals surface area contributed by atoms with Crippen molar-refractivity contribution in [3.8, 4) is 11.5 Å². The lowest BCUT2D eigenvalue weighted by molar-refractivity contribution is -0.918. The van der Waals surface area contributed by atoms with Gasteiger partial charge in [0, 0.05) is 11.1 Å². The molecule has 1 fully saturated rings. The van der Waals surface area contributed by atoms with Gasteiger partial charge in [-0.3, -0.25) is 4.79 Å². The van der Waals surface area contributed by atoms with Gasteiger partial charge in [-0.2, -0.15) is 0 Å². The Morgan fingerprint density at radius 1 is 1.00 bits per heavy atom. The Kier molecular flexibility index (Phi) is 6.55. The highest BCUT2D eigenvalue weighted by atomic mass is 16.7. The second-order valence-electron chi connectivity index (χ2n) is 8.48. The van der Waals surface area contributed by atoms with Crippen LogP contribution < -0.4 is 19.3 Å². The topological polar surface area (TPSA) is 47.7 Å². The molecule has 2 N–H and O–H groups in total. The van der Waals surface area contributed by atoms with Crippen LogP contribution in [0.1, 0.15) is 23.6 Å². The third kappa shape index (κ3) is 5.12. The fraction of sp³-hybridized carbons (Fsp3) is 0.458. The molecule has 2 aliphatic heterocycles. The van der Waals surface area contributed by atoms with Gasteiger partial charge in [0.05, 0.1) is 33.2 Å². The summed E-state index contributed by atoms with van der Waals surface area (Å²) in [6.07, 6.45) is 1.06. The van der Waals surface area contributed by atoms with Gasteiger partial charge in [0.15, 0.2) is 18.0 Å². The second-order valence-corrected chi connectivity index (χ2v) is 8.48. The first-order valence-corrected chi connectivity index (χ1v) is 11.0. The molecule has 2 aromatic rings. The van der Waals surface area contributed by atoms with Crippen LogP contribution in [0.4, 0.5) is 0 Å². The predicted octanol–water partition coefficient (Wildman–Crippen LogP) is -0.0803. The smallest absolute Gasteiger partial charge is 0.278 e. The Hall–Kier alpha value is -2.57. The van der Waals surface area contributed by atoms with E-state index in [-0.39, 0.29) is 5.91 Å². The minimum atomic E-state index is 0.264. The van der Waals surface area contributed by atoms with E-state index in [1.807, 2.05) is 11.0 Å². The summed E-state index contributed by atoms with van der Waals surface area (Å²) < 4.78 is 10.9. The van der Waals surface area contributed by atoms with E-state index < -0.39 is 0 Å². The number of piperazine rings is 1. The third-order valence-electron chi connectivity index (χ3n) is 6.10. The number of hydrogen-bond donors (Lipinski definition) is 2. The maximum atomic E-state index is 12.8. The number of amides is 1. The quantitative estimate of drug-likeness (QED) is 0.670. The lowest BCUT2D eigenvalue weighted by atomic mass is 10.1. The molecular formula is C24H33N3O3+2. The summed E-state index contributed by atoms with van der Waals surface area (Å²) in [6.45, 7) is 8.49. The molecule has 1 saturated heterocycles. The molecule has 30 heavy (non-hydrogen) atoms. The van der Waals surface area contributed by atoms with E-state index in [2.05, 4.69) is 50.4 Å². The van der Waals surface area contributed by atoms with E-state index in [1.165, 1.54) is 26.5 Å². The van der Waals surface area contributed by atoms with Crippen LogP contribution in [0.15, 0.2) is 42.5 Å². The highest BCUT2D eigenvalue weighted by molar-refractivity contribution is 5.77. The number of ether oxygens (including phenoxy) is 2. The molecule has 2 aliphatic rings. The molecule has 6 nitrogen and oxygen atoms in total. The summed E-state index contributed by atoms with van der Waals surface area (Å²) in [4.78, 5) is 17.5. The molecule has 0 bridgehead atoms. The number of likely N-dealkylation sites (N-methyl/N-ethyl adjacent to an activating group) is 1. The molecule has 2 heterocycles. The molecule has 0 radical (unpaired) electrons. The SMILES string of the molecule is CCc1ccc(C[NH+](C)CC(=O)N2CC[NH+](Cc3ccc4c(c3)OCO4)CC2)cc1. The Morgan fingerprint density at radius 3 is 2.40 bits per heavy atom. The summed E-state index contributed by atoms with van der Waals surface area (Å²) in [5, 5.41) is 0. The van der Waals surface area contributed by atoms with Gasteiger partial charge in [-0.25, -0.2) is 0 Å². The number of nitrogens with one attached hydrogen (secondary N) is 2. The predicted molar refractivity (Wildman–Crippen MR) is 115 cm³/mol. The molecule has 0 aliphatic carbocycles. The summed E-state index contributed by atoms with van der Waals surface area (Å²) in [6, 6.07) is 14.9. The van der Waals surface area contributed by atoms with E-state index in [4.69, 9.17) is 9.47 Å². The van der Waals surface area contributed by atoms with Gasteiger partial charge in [-0.05, 0) is 30.2 Å². The van der Waals surface area contributed by atoms with Gasteiger partial charge in [0.25, 0.3) is 5.91 Å². The molecule has 160 valence electrons. The molecule has 0 aromatic heterocycles. The first-order valence-electron chi connectivity index (χ1n) is 11.0. The molecule has 0 saturated carbocycles. The molecule has 0 spiro atoms. The van der Waals surface area contributed by atoms with Crippen LogP contribution in [0.5, 0.6) is 11.5 Å². The zero-order chi connectivity index (χ0) is 20.9. The van der Waals surface area contributed by atoms with E-state index in [1.54, 1.807) is 0 Å². The molecule has 1 unspecified atom stereocenters. The van der Waals surface area contributed by atoms with Crippen LogP contribution in [0.25, 0.3) is 0 Å². The highest BCUT2D eigenvalue weighted by Gasteiger charge is 2.26. The lowest BCUT2D eigenvalue weighted by Crippen LogP contribution is -3.14. The number of nitrogens with zero attached hydrogens (tertiary/aromatic N) is 1. The van der Waals surface area contributed by atoms with Crippen molar-refractivity contribution in [3.63, 3.8) is 0 Å². The molecule has 6 heteroatoms. The molecule has 4 rings (SSSR count). The zero-order valence-corrected chi connectivity index (χ0v) is 18.1. The van der Waals surface area contributed by atoms with Gasteiger partial charge in [-0.15, -0.1) is 0 Å². The minimum Gasteiger partial charge on any atom is -0.454 e. The number of hydrogen-bond acceptors (Lipinski definition) is 3. The highest BCUT2D eigenvalue weighted by Crippen LogP contribution is 2.32. The van der Waals surface area contributed by atoms with Crippen molar-refractivity contribution in [2.45, 2.75) is 26.4 Å². The summed E-state index contributed by atoms with van der Waals surface area (Å²) >= 11 is 0. The number of carbonyl (C=O) groups is 1. The van der Waals surface area contributed by atoms with Crippen LogP contribution in [-0.2, 0) is 24.3 Å². The van der Waals surface area contributed by atoms with E-state index in [0.717, 1.165) is 57.2 Å². The van der Waals surface area contributed by atoms with Gasteiger partial charge in [0.1, 0.15) is 13.1 Å². The number of fused-ring (bicyclic) bond motifs is 1. The first kappa shape index (κ1) is 20.7. The van der Waals surface area contributed by atoms with Crippen molar-refractivity contribution in [3.05, 3.63) is 59.2 Å². The number of aryl methyl sites for hydroxylation is 1. The first-order chi connectivity index (χ1) is 14.6. The van der Waals surface area contributed by atoms with Crippen molar-refractivity contribution in [2.75, 3.05) is 46.6 Å². The minimum absolute atomic E-state index is 0.264. The van der Waals surface area contributed by atoms with E-state index in [9.17, 15) is 4.79 Å². The fourth-order valence-electron chi connectivity index (χ4n) is 4.26. The van der Waals surface area contributed by atoms with Crippen LogP contribution >= 0.6 is 0 Å². The molecule has 2 aromatic carbocycles. The number of carbonyl (C=O) groups excluding carboxylic acids is 1. The van der Waals surface area contributed by atoms with Gasteiger partial charge >= 0.3 is 0 Å². The Balaban J connectivity index is 1.21. The number of benzene rings is 2. The fourth-order valence-corrected chi connectivity index (χ4v) is 4.26. The van der Waals surface area contributed by atoms with Crippen LogP contribution in [0.3, 0.4) is 0 Å². The Bertz CT molecular complexity index is 860. The standard InChI is InChI=1S/C24H31N3O3/c1-3-19-4-6-20(7-5-19)15-25(2)17-24(28)27-12-10-26(11-13-27)16-21-8-9-22-23(14-21)30-18-29-22/h4-9,14H,3,10-13,15-18H2,1-2H3/p+2. The van der Waals surface area contributed by atoms with Gasteiger partial charge in [0.2, 0.25) is 6.79 Å². The number of rotatable bonds is 7. The van der Waals surface area contributed by atoms with E-state index >= 15 is 0 Å². The molecule has 1 atom stereocenters. The van der Waals surface area contributed by atoms with Crippen molar-refractivity contribution in [1.82, 2.24) is 4.90 Å². The third-order valence-corrected chi connectivity index (χ3v) is 6.10. The van der Waals surface area contributed by atoms with Crippen LogP contribution in [-0.4, -0.2) is 57.4 Å². The summed E-state index contributed by atoms with van der Waals surface area (Å²) in [5.41, 5.74) is 3.90. The van der Waals surface area contributed by atoms with Crippen LogP contribution in [0, 0.1) is 0 Å². The Labute approximate surface area is 179 Å². The maximum Gasteiger partial charge on any atom is 0.278 e. The molecule has 1 amide bonds. The second kappa shape index (κ2) is 9.49. The lowest BCUT2D eigenvalue weighted by Gasteiger charge is -2.32. The number of quaternary nitrogens is 2. The van der Waals surface area contributed by atoms with Gasteiger partial charge in [-0.1, -0.05) is 31.2 Å². The van der Waals surface area contributed by atoms with Crippen molar-refractivity contribution in [2.24, 2.45) is 0 Å². The molecular weight excluding hydrogens is 378 g/mol. The largest absolute Gasteiger partial charge is 0.454 e. The van der Waals surface area contributed by atoms with E-state index in [0.29, 0.717) is 13.3 Å². The van der Waals surface area contributed by atoms with Crippen molar-refractivity contribution < 1.29 is 24.1 Å². The Morgan fingerprint density at radius 2 is 1.67 bits per heavy atom. The average molecular weight is 412 g/mol. The normalized spacial score (nSPS) is 17.2. The monoisotopic (exact) mass is 411 g/mol. The zero-order valence-electron chi connectivity index (χ0n) is 18.1. The summed E-state index contributed by atoms with van der Waals surface area (Å²) in [7, 11) is 2.10. The average Bonchev–Trinajstić information content (AvgIpc) is 3.22. The van der Waals surface area contributed by atoms with Crippen LogP contribution in [0.2, 0.25) is 0 Å². The maximum absolute atomic E-state index is 12.8.